The van der Waals surface area contributed by atoms with Gasteiger partial charge >= 0.3 is 0 Å². The molecule has 1 rings (SSSR count). The first kappa shape index (κ1) is 13.6. The van der Waals surface area contributed by atoms with Gasteiger partial charge in [0.15, 0.2) is 0 Å². The third-order valence-corrected chi connectivity index (χ3v) is 3.44. The van der Waals surface area contributed by atoms with Gasteiger partial charge in [0.05, 0.1) is 6.26 Å². The van der Waals surface area contributed by atoms with Crippen LogP contribution in [0, 0.1) is 0 Å². The van der Waals surface area contributed by atoms with Crippen molar-refractivity contribution >= 4 is 0 Å². The summed E-state index contributed by atoms with van der Waals surface area (Å²) in [5.41, 5.74) is 0. The van der Waals surface area contributed by atoms with Crippen molar-refractivity contribution < 1.29 is 9.84 Å². The first-order chi connectivity index (χ1) is 7.77. The van der Waals surface area contributed by atoms with Crippen LogP contribution in [0.4, 0.5) is 0 Å². The van der Waals surface area contributed by atoms with Crippen LogP contribution < -0.4 is 0 Å². The van der Waals surface area contributed by atoms with Crippen LogP contribution in [0.5, 0.6) is 0 Å². The Hall–Kier alpha value is -0.500. The van der Waals surface area contributed by atoms with E-state index >= 15 is 0 Å². The van der Waals surface area contributed by atoms with E-state index in [1.54, 1.807) is 0 Å². The van der Waals surface area contributed by atoms with Crippen molar-refractivity contribution in [2.75, 3.05) is 0 Å². The van der Waals surface area contributed by atoms with Crippen LogP contribution in [0.2, 0.25) is 0 Å². The first-order valence-electron chi connectivity index (χ1n) is 6.78. The summed E-state index contributed by atoms with van der Waals surface area (Å²) in [6, 6.07) is 0. The van der Waals surface area contributed by atoms with Gasteiger partial charge in [0.25, 0.3) is 0 Å². The second-order valence-corrected chi connectivity index (χ2v) is 4.91. The second kappa shape index (κ2) is 7.72. The molecule has 16 heavy (non-hydrogen) atoms. The molecule has 1 aliphatic rings. The van der Waals surface area contributed by atoms with E-state index < -0.39 is 5.79 Å². The molecule has 1 saturated carbocycles. The van der Waals surface area contributed by atoms with E-state index in [0.717, 1.165) is 25.7 Å². The minimum absolute atomic E-state index is 0.749. The zero-order chi connectivity index (χ0) is 11.7. The fourth-order valence-electron chi connectivity index (χ4n) is 2.44. The molecule has 0 aromatic heterocycles. The van der Waals surface area contributed by atoms with Gasteiger partial charge < -0.3 is 9.84 Å². The van der Waals surface area contributed by atoms with E-state index in [9.17, 15) is 5.11 Å². The van der Waals surface area contributed by atoms with Crippen molar-refractivity contribution in [2.45, 2.75) is 76.4 Å². The molecule has 0 unspecified atom stereocenters. The van der Waals surface area contributed by atoms with Gasteiger partial charge in [0.2, 0.25) is 5.79 Å². The molecule has 0 aliphatic heterocycles. The summed E-state index contributed by atoms with van der Waals surface area (Å²) < 4.78 is 5.29. The zero-order valence-corrected chi connectivity index (χ0v) is 10.4. The third kappa shape index (κ3) is 5.55. The van der Waals surface area contributed by atoms with Gasteiger partial charge in [-0.2, -0.15) is 0 Å². The molecule has 0 saturated heterocycles. The normalized spacial score (nSPS) is 23.8. The summed E-state index contributed by atoms with van der Waals surface area (Å²) in [5, 5.41) is 10.3. The molecule has 0 aromatic rings. The van der Waals surface area contributed by atoms with E-state index in [4.69, 9.17) is 4.74 Å². The lowest BCUT2D eigenvalue weighted by Gasteiger charge is -2.27. The monoisotopic (exact) mass is 226 g/mol. The summed E-state index contributed by atoms with van der Waals surface area (Å²) in [4.78, 5) is 0. The molecular formula is C14H26O2. The lowest BCUT2D eigenvalue weighted by Crippen LogP contribution is -2.30. The Morgan fingerprint density at radius 3 is 1.56 bits per heavy atom. The highest BCUT2D eigenvalue weighted by Gasteiger charge is 2.26. The van der Waals surface area contributed by atoms with Crippen molar-refractivity contribution in [3.63, 3.8) is 0 Å². The fraction of sp³-hybridized carbons (Fsp3) is 0.857. The van der Waals surface area contributed by atoms with Crippen LogP contribution in [-0.2, 0) is 4.74 Å². The topological polar surface area (TPSA) is 29.5 Å². The van der Waals surface area contributed by atoms with Gasteiger partial charge in [0.1, 0.15) is 0 Å². The average Bonchev–Trinajstić information content (AvgIpc) is 2.24. The third-order valence-electron chi connectivity index (χ3n) is 3.44. The zero-order valence-electron chi connectivity index (χ0n) is 10.4. The van der Waals surface area contributed by atoms with Crippen LogP contribution in [0.15, 0.2) is 12.8 Å². The number of ether oxygens (including phenoxy) is 1. The number of rotatable bonds is 2. The molecule has 0 amide bonds. The first-order valence-corrected chi connectivity index (χ1v) is 6.78. The summed E-state index contributed by atoms with van der Waals surface area (Å²) in [6.45, 7) is 3.55. The van der Waals surface area contributed by atoms with E-state index in [1.807, 2.05) is 0 Å². The number of hydrogen-bond acceptors (Lipinski definition) is 2. The molecule has 0 heterocycles. The molecule has 94 valence electrons. The maximum absolute atomic E-state index is 10.3. The van der Waals surface area contributed by atoms with Crippen LogP contribution in [0.3, 0.4) is 0 Å². The Morgan fingerprint density at radius 2 is 1.19 bits per heavy atom. The molecule has 0 atom stereocenters. The standard InChI is InChI=1S/C14H26O2/c1-2-16-14(15)12-10-8-6-4-3-5-7-9-11-13-14/h2,15H,1,3-13H2. The van der Waals surface area contributed by atoms with Gasteiger partial charge in [-0.25, -0.2) is 0 Å². The minimum Gasteiger partial charge on any atom is -0.471 e. The van der Waals surface area contributed by atoms with Gasteiger partial charge in [0, 0.05) is 12.8 Å². The highest BCUT2D eigenvalue weighted by molar-refractivity contribution is 4.71. The maximum atomic E-state index is 10.3. The molecule has 1 fully saturated rings. The van der Waals surface area contributed by atoms with Gasteiger partial charge in [-0.3, -0.25) is 0 Å². The predicted octanol–water partition coefficient (Wildman–Crippen LogP) is 4.14. The second-order valence-electron chi connectivity index (χ2n) is 4.91. The molecule has 1 N–H and O–H groups in total. The largest absolute Gasteiger partial charge is 0.471 e. The van der Waals surface area contributed by atoms with Crippen LogP contribution in [-0.4, -0.2) is 10.9 Å². The van der Waals surface area contributed by atoms with E-state index in [2.05, 4.69) is 6.58 Å². The molecule has 2 nitrogen and oxygen atoms in total. The Balaban J connectivity index is 2.38. The van der Waals surface area contributed by atoms with E-state index in [1.165, 1.54) is 51.2 Å². The predicted molar refractivity (Wildman–Crippen MR) is 67.0 cm³/mol. The molecule has 0 aromatic carbocycles. The Morgan fingerprint density at radius 1 is 0.812 bits per heavy atom. The molecule has 2 heteroatoms. The number of hydrogen-bond donors (Lipinski definition) is 1. The van der Waals surface area contributed by atoms with E-state index in [-0.39, 0.29) is 0 Å². The van der Waals surface area contributed by atoms with Crippen LogP contribution in [0.1, 0.15) is 70.6 Å². The molecule has 1 aliphatic carbocycles. The van der Waals surface area contributed by atoms with Gasteiger partial charge in [-0.05, 0) is 12.8 Å². The van der Waals surface area contributed by atoms with E-state index in [0.29, 0.717) is 0 Å². The highest BCUT2D eigenvalue weighted by atomic mass is 16.6. The van der Waals surface area contributed by atoms with Crippen molar-refractivity contribution in [3.05, 3.63) is 12.8 Å². The number of aliphatic hydroxyl groups is 1. The van der Waals surface area contributed by atoms with Crippen molar-refractivity contribution in [2.24, 2.45) is 0 Å². The summed E-state index contributed by atoms with van der Waals surface area (Å²) >= 11 is 0. The maximum Gasteiger partial charge on any atom is 0.207 e. The van der Waals surface area contributed by atoms with Crippen LogP contribution in [0.25, 0.3) is 0 Å². The van der Waals surface area contributed by atoms with Gasteiger partial charge in [-0.1, -0.05) is 51.5 Å². The van der Waals surface area contributed by atoms with Crippen LogP contribution >= 0.6 is 0 Å². The Labute approximate surface area is 99.7 Å². The van der Waals surface area contributed by atoms with Crippen molar-refractivity contribution in [1.82, 2.24) is 0 Å². The van der Waals surface area contributed by atoms with Crippen molar-refractivity contribution in [1.29, 1.82) is 0 Å². The van der Waals surface area contributed by atoms with Gasteiger partial charge in [-0.15, -0.1) is 0 Å². The molecule has 0 spiro atoms. The van der Waals surface area contributed by atoms with Crippen molar-refractivity contribution in [3.8, 4) is 0 Å². The SMILES string of the molecule is C=COC1(O)CCCCCCCCCCC1. The smallest absolute Gasteiger partial charge is 0.207 e. The fourth-order valence-corrected chi connectivity index (χ4v) is 2.44. The summed E-state index contributed by atoms with van der Waals surface area (Å²) in [6.07, 6.45) is 14.1. The molecular weight excluding hydrogens is 200 g/mol. The quantitative estimate of drug-likeness (QED) is 0.566. The Bertz CT molecular complexity index is 177. The Kier molecular flexibility index (Phi) is 6.55. The summed E-state index contributed by atoms with van der Waals surface area (Å²) in [7, 11) is 0. The molecule has 0 radical (unpaired) electrons. The average molecular weight is 226 g/mol. The molecule has 0 bridgehead atoms. The minimum atomic E-state index is -0.944. The summed E-state index contributed by atoms with van der Waals surface area (Å²) in [5.74, 6) is -0.944. The lowest BCUT2D eigenvalue weighted by molar-refractivity contribution is -0.178. The highest BCUT2D eigenvalue weighted by Crippen LogP contribution is 2.25. The lowest BCUT2D eigenvalue weighted by atomic mass is 9.97.